The van der Waals surface area contributed by atoms with Crippen LogP contribution in [0.25, 0.3) is 0 Å². The number of hydrogen-bond acceptors (Lipinski definition) is 4. The van der Waals surface area contributed by atoms with Gasteiger partial charge in [-0.3, -0.25) is 9.10 Å². The summed E-state index contributed by atoms with van der Waals surface area (Å²) in [6, 6.07) is 13.9. The third kappa shape index (κ3) is 5.21. The fourth-order valence-corrected chi connectivity index (χ4v) is 3.23. The van der Waals surface area contributed by atoms with Gasteiger partial charge in [0, 0.05) is 33.3 Å². The van der Waals surface area contributed by atoms with Crippen LogP contribution < -0.4 is 14.4 Å². The number of carbonyl (C=O) groups excluding carboxylic acids is 1. The third-order valence-electron chi connectivity index (χ3n) is 3.99. The van der Waals surface area contributed by atoms with Crippen LogP contribution in [0.4, 0.5) is 5.69 Å². The van der Waals surface area contributed by atoms with Gasteiger partial charge in [0.15, 0.2) is 0 Å². The average Bonchev–Trinajstić information content (AvgIpc) is 2.66. The Kier molecular flexibility index (Phi) is 6.81. The second-order valence-corrected chi connectivity index (χ2v) is 8.24. The molecule has 146 valence electrons. The SMILES string of the molecule is CCOc1ccc(CNC(=O)c2ccc(N(C)S(=O)(=O)N(C)C)cc2)cc1. The Balaban J connectivity index is 1.99. The van der Waals surface area contributed by atoms with Gasteiger partial charge >= 0.3 is 10.2 Å². The van der Waals surface area contributed by atoms with E-state index in [0.29, 0.717) is 24.4 Å². The lowest BCUT2D eigenvalue weighted by atomic mass is 10.1. The normalized spacial score (nSPS) is 11.3. The molecule has 0 aromatic heterocycles. The number of ether oxygens (including phenoxy) is 1. The van der Waals surface area contributed by atoms with Crippen LogP contribution in [-0.4, -0.2) is 46.4 Å². The van der Waals surface area contributed by atoms with E-state index in [1.54, 1.807) is 24.3 Å². The smallest absolute Gasteiger partial charge is 0.303 e. The van der Waals surface area contributed by atoms with Gasteiger partial charge < -0.3 is 10.1 Å². The molecule has 0 heterocycles. The Hall–Kier alpha value is -2.58. The molecule has 27 heavy (non-hydrogen) atoms. The summed E-state index contributed by atoms with van der Waals surface area (Å²) in [6.45, 7) is 2.92. The van der Waals surface area contributed by atoms with Crippen LogP contribution in [0.5, 0.6) is 5.75 Å². The first kappa shape index (κ1) is 20.7. The molecule has 0 atom stereocenters. The Morgan fingerprint density at radius 3 is 2.11 bits per heavy atom. The van der Waals surface area contributed by atoms with Gasteiger partial charge in [-0.15, -0.1) is 0 Å². The summed E-state index contributed by atoms with van der Waals surface area (Å²) >= 11 is 0. The van der Waals surface area contributed by atoms with Crippen LogP contribution in [0.2, 0.25) is 0 Å². The van der Waals surface area contributed by atoms with Crippen molar-refractivity contribution in [2.24, 2.45) is 0 Å². The molecule has 1 N–H and O–H groups in total. The number of hydrogen-bond donors (Lipinski definition) is 1. The molecule has 0 bridgehead atoms. The van der Waals surface area contributed by atoms with E-state index in [0.717, 1.165) is 19.9 Å². The molecular weight excluding hydrogens is 366 g/mol. The van der Waals surface area contributed by atoms with Crippen LogP contribution >= 0.6 is 0 Å². The number of nitrogens with one attached hydrogen (secondary N) is 1. The highest BCUT2D eigenvalue weighted by molar-refractivity contribution is 7.90. The highest BCUT2D eigenvalue weighted by Crippen LogP contribution is 2.18. The Morgan fingerprint density at radius 2 is 1.59 bits per heavy atom. The molecular formula is C19H25N3O4S. The van der Waals surface area contributed by atoms with Crippen molar-refractivity contribution in [3.8, 4) is 5.75 Å². The molecule has 0 saturated carbocycles. The number of amides is 1. The van der Waals surface area contributed by atoms with Crippen LogP contribution in [0.15, 0.2) is 48.5 Å². The highest BCUT2D eigenvalue weighted by atomic mass is 32.2. The highest BCUT2D eigenvalue weighted by Gasteiger charge is 2.21. The van der Waals surface area contributed by atoms with Crippen molar-refractivity contribution in [1.82, 2.24) is 9.62 Å². The second-order valence-electron chi connectivity index (χ2n) is 6.06. The van der Waals surface area contributed by atoms with Gasteiger partial charge in [-0.25, -0.2) is 0 Å². The fourth-order valence-electron chi connectivity index (χ4n) is 2.36. The number of rotatable bonds is 8. The summed E-state index contributed by atoms with van der Waals surface area (Å²) < 4.78 is 32.0. The lowest BCUT2D eigenvalue weighted by molar-refractivity contribution is 0.0951. The Bertz CT molecular complexity index is 863. The molecule has 0 radical (unpaired) electrons. The summed E-state index contributed by atoms with van der Waals surface area (Å²) in [6.07, 6.45) is 0. The van der Waals surface area contributed by atoms with E-state index in [9.17, 15) is 13.2 Å². The van der Waals surface area contributed by atoms with Gasteiger partial charge in [0.05, 0.1) is 12.3 Å². The molecule has 0 aliphatic carbocycles. The molecule has 8 heteroatoms. The van der Waals surface area contributed by atoms with Gasteiger partial charge in [0.1, 0.15) is 5.75 Å². The Labute approximate surface area is 160 Å². The van der Waals surface area contributed by atoms with E-state index >= 15 is 0 Å². The van der Waals surface area contributed by atoms with E-state index in [1.165, 1.54) is 21.1 Å². The van der Waals surface area contributed by atoms with E-state index in [2.05, 4.69) is 5.32 Å². The molecule has 0 unspecified atom stereocenters. The second kappa shape index (κ2) is 8.88. The zero-order valence-corrected chi connectivity index (χ0v) is 16.8. The first-order valence-corrected chi connectivity index (χ1v) is 9.91. The van der Waals surface area contributed by atoms with Crippen molar-refractivity contribution < 1.29 is 17.9 Å². The maximum Gasteiger partial charge on any atom is 0.303 e. The van der Waals surface area contributed by atoms with E-state index < -0.39 is 10.2 Å². The number of anilines is 1. The molecule has 1 amide bonds. The monoisotopic (exact) mass is 391 g/mol. The third-order valence-corrected chi connectivity index (χ3v) is 5.81. The summed E-state index contributed by atoms with van der Waals surface area (Å²) in [5.41, 5.74) is 1.90. The van der Waals surface area contributed by atoms with Crippen molar-refractivity contribution in [2.45, 2.75) is 13.5 Å². The van der Waals surface area contributed by atoms with Crippen LogP contribution in [-0.2, 0) is 16.8 Å². The Morgan fingerprint density at radius 1 is 1.00 bits per heavy atom. The minimum atomic E-state index is -3.56. The maximum atomic E-state index is 12.3. The van der Waals surface area contributed by atoms with Gasteiger partial charge in [-0.1, -0.05) is 12.1 Å². The van der Waals surface area contributed by atoms with E-state index in [4.69, 9.17) is 4.74 Å². The van der Waals surface area contributed by atoms with Crippen LogP contribution in [0.3, 0.4) is 0 Å². The van der Waals surface area contributed by atoms with Gasteiger partial charge in [-0.05, 0) is 48.9 Å². The average molecular weight is 391 g/mol. The largest absolute Gasteiger partial charge is 0.494 e. The molecule has 2 aromatic rings. The van der Waals surface area contributed by atoms with Gasteiger partial charge in [-0.2, -0.15) is 12.7 Å². The van der Waals surface area contributed by atoms with E-state index in [1.807, 2.05) is 31.2 Å². The zero-order valence-electron chi connectivity index (χ0n) is 16.0. The summed E-state index contributed by atoms with van der Waals surface area (Å²) in [7, 11) is 0.841. The zero-order chi connectivity index (χ0) is 20.0. The molecule has 0 fully saturated rings. The molecule has 0 aliphatic heterocycles. The van der Waals surface area contributed by atoms with Crippen molar-refractivity contribution in [2.75, 3.05) is 32.1 Å². The van der Waals surface area contributed by atoms with Crippen molar-refractivity contribution in [3.05, 3.63) is 59.7 Å². The van der Waals surface area contributed by atoms with Gasteiger partial charge in [0.25, 0.3) is 5.91 Å². The lowest BCUT2D eigenvalue weighted by Crippen LogP contribution is -2.37. The minimum Gasteiger partial charge on any atom is -0.494 e. The number of carbonyl (C=O) groups is 1. The quantitative estimate of drug-likeness (QED) is 0.749. The molecule has 7 nitrogen and oxygen atoms in total. The molecule has 0 aliphatic rings. The van der Waals surface area contributed by atoms with Crippen molar-refractivity contribution in [1.29, 1.82) is 0 Å². The maximum absolute atomic E-state index is 12.3. The number of nitrogens with zero attached hydrogens (tertiary/aromatic N) is 2. The predicted octanol–water partition coefficient (Wildman–Crippen LogP) is 2.26. The number of benzene rings is 2. The van der Waals surface area contributed by atoms with Crippen molar-refractivity contribution >= 4 is 21.8 Å². The topological polar surface area (TPSA) is 79.0 Å². The van der Waals surface area contributed by atoms with Crippen LogP contribution in [0, 0.1) is 0 Å². The van der Waals surface area contributed by atoms with Crippen LogP contribution in [0.1, 0.15) is 22.8 Å². The predicted molar refractivity (Wildman–Crippen MR) is 106 cm³/mol. The molecule has 2 aromatic carbocycles. The molecule has 0 saturated heterocycles. The minimum absolute atomic E-state index is 0.228. The summed E-state index contributed by atoms with van der Waals surface area (Å²) in [5.74, 6) is 0.563. The van der Waals surface area contributed by atoms with Crippen molar-refractivity contribution in [3.63, 3.8) is 0 Å². The molecule has 2 rings (SSSR count). The van der Waals surface area contributed by atoms with Gasteiger partial charge in [0.2, 0.25) is 0 Å². The summed E-state index contributed by atoms with van der Waals surface area (Å²) in [4.78, 5) is 12.3. The first-order chi connectivity index (χ1) is 12.8. The van der Waals surface area contributed by atoms with E-state index in [-0.39, 0.29) is 5.91 Å². The fraction of sp³-hybridized carbons (Fsp3) is 0.316. The lowest BCUT2D eigenvalue weighted by Gasteiger charge is -2.23. The molecule has 0 spiro atoms. The standard InChI is InChI=1S/C19H25N3O4S/c1-5-26-18-12-6-15(7-13-18)14-20-19(23)16-8-10-17(11-9-16)22(4)27(24,25)21(2)3/h6-13H,5,14H2,1-4H3,(H,20,23). The first-order valence-electron chi connectivity index (χ1n) is 8.52. The summed E-state index contributed by atoms with van der Waals surface area (Å²) in [5, 5.41) is 2.84.